The Morgan fingerprint density at radius 2 is 1.08 bits per heavy atom. The predicted molar refractivity (Wildman–Crippen MR) is 101 cm³/mol. The molecule has 0 radical (unpaired) electrons. The minimum absolute atomic E-state index is 0.489. The smallest absolute Gasteiger partial charge is 0.228 e. The van der Waals surface area contributed by atoms with Crippen LogP contribution in [0.1, 0.15) is 0 Å². The normalized spacial score (nSPS) is 11.4. The zero-order valence-electron chi connectivity index (χ0n) is 13.6. The van der Waals surface area contributed by atoms with Gasteiger partial charge < -0.3 is 20.3 Å². The number of anilines is 2. The Bertz CT molecular complexity index is 1170. The van der Waals surface area contributed by atoms with Crippen LogP contribution in [0.2, 0.25) is 0 Å². The molecule has 2 aromatic heterocycles. The van der Waals surface area contributed by atoms with Gasteiger partial charge in [-0.25, -0.2) is 9.97 Å². The number of rotatable bonds is 2. The highest BCUT2D eigenvalue weighted by Gasteiger charge is 2.17. The number of nitrogen functional groups attached to an aromatic ring is 2. The molecule has 0 atom stereocenters. The van der Waals surface area contributed by atoms with E-state index in [0.29, 0.717) is 45.4 Å². The maximum Gasteiger partial charge on any atom is 0.228 e. The van der Waals surface area contributed by atoms with E-state index in [0.717, 1.165) is 11.1 Å². The molecule has 0 amide bonds. The molecule has 0 fully saturated rings. The van der Waals surface area contributed by atoms with Crippen molar-refractivity contribution in [1.29, 1.82) is 0 Å². The van der Waals surface area contributed by atoms with Crippen molar-refractivity contribution in [3.8, 4) is 22.9 Å². The van der Waals surface area contributed by atoms with Crippen LogP contribution in [0, 0.1) is 0 Å². The molecule has 0 spiro atoms. The standard InChI is InChI=1S/C20H14N4O2/c21-11-5-7-17-15(9-11)23-19(25-17)13-3-1-2-4-14(13)20-24-16-10-12(22)6-8-18(16)26-20/h1-10H,21-22H2. The largest absolute Gasteiger partial charge is 0.436 e. The van der Waals surface area contributed by atoms with E-state index in [1.165, 1.54) is 0 Å². The lowest BCUT2D eigenvalue weighted by atomic mass is 10.1. The fraction of sp³-hybridized carbons (Fsp3) is 0. The average Bonchev–Trinajstić information content (AvgIpc) is 3.24. The lowest BCUT2D eigenvalue weighted by molar-refractivity contribution is 0.611. The van der Waals surface area contributed by atoms with E-state index in [4.69, 9.17) is 20.3 Å². The van der Waals surface area contributed by atoms with Gasteiger partial charge in [0, 0.05) is 22.5 Å². The van der Waals surface area contributed by atoms with Gasteiger partial charge >= 0.3 is 0 Å². The van der Waals surface area contributed by atoms with Crippen LogP contribution in [0.3, 0.4) is 0 Å². The van der Waals surface area contributed by atoms with Crippen LogP contribution in [-0.2, 0) is 0 Å². The quantitative estimate of drug-likeness (QED) is 0.459. The van der Waals surface area contributed by atoms with E-state index in [9.17, 15) is 0 Å². The summed E-state index contributed by atoms with van der Waals surface area (Å²) in [6.07, 6.45) is 0. The summed E-state index contributed by atoms with van der Waals surface area (Å²) >= 11 is 0. The Balaban J connectivity index is 1.70. The van der Waals surface area contributed by atoms with Crippen molar-refractivity contribution in [1.82, 2.24) is 9.97 Å². The van der Waals surface area contributed by atoms with Crippen molar-refractivity contribution in [2.24, 2.45) is 0 Å². The number of nitrogens with two attached hydrogens (primary N) is 2. The number of hydrogen-bond acceptors (Lipinski definition) is 6. The van der Waals surface area contributed by atoms with Crippen LogP contribution in [0.15, 0.2) is 69.5 Å². The Morgan fingerprint density at radius 1 is 0.615 bits per heavy atom. The SMILES string of the molecule is Nc1ccc2oc(-c3ccccc3-c3nc4cc(N)ccc4o3)nc2c1. The maximum atomic E-state index is 5.91. The summed E-state index contributed by atoms with van der Waals surface area (Å²) in [4.78, 5) is 9.12. The molecule has 0 unspecified atom stereocenters. The highest BCUT2D eigenvalue weighted by atomic mass is 16.4. The van der Waals surface area contributed by atoms with E-state index < -0.39 is 0 Å². The van der Waals surface area contributed by atoms with Crippen molar-refractivity contribution in [2.45, 2.75) is 0 Å². The van der Waals surface area contributed by atoms with Gasteiger partial charge in [-0.15, -0.1) is 0 Å². The number of benzene rings is 3. The topological polar surface area (TPSA) is 104 Å². The van der Waals surface area contributed by atoms with Crippen LogP contribution in [0.4, 0.5) is 11.4 Å². The molecular formula is C20H14N4O2. The Labute approximate surface area is 148 Å². The molecule has 6 heteroatoms. The van der Waals surface area contributed by atoms with Crippen LogP contribution in [0.5, 0.6) is 0 Å². The third-order valence-electron chi connectivity index (χ3n) is 4.21. The summed E-state index contributed by atoms with van der Waals surface area (Å²) in [6, 6.07) is 18.5. The Kier molecular flexibility index (Phi) is 2.99. The third-order valence-corrected chi connectivity index (χ3v) is 4.21. The number of aromatic nitrogens is 2. The van der Waals surface area contributed by atoms with Crippen molar-refractivity contribution in [2.75, 3.05) is 11.5 Å². The summed E-state index contributed by atoms with van der Waals surface area (Å²) in [6.45, 7) is 0. The number of fused-ring (bicyclic) bond motifs is 2. The van der Waals surface area contributed by atoms with Crippen LogP contribution < -0.4 is 11.5 Å². The van der Waals surface area contributed by atoms with Gasteiger partial charge in [0.25, 0.3) is 0 Å². The van der Waals surface area contributed by atoms with Gasteiger partial charge in [-0.2, -0.15) is 0 Å². The van der Waals surface area contributed by atoms with Gasteiger partial charge in [0.15, 0.2) is 11.2 Å². The highest BCUT2D eigenvalue weighted by molar-refractivity contribution is 5.85. The fourth-order valence-corrected chi connectivity index (χ4v) is 2.98. The van der Waals surface area contributed by atoms with Crippen molar-refractivity contribution >= 4 is 33.6 Å². The van der Waals surface area contributed by atoms with Crippen molar-refractivity contribution < 1.29 is 8.83 Å². The second-order valence-electron chi connectivity index (χ2n) is 6.04. The first-order valence-corrected chi connectivity index (χ1v) is 8.09. The van der Waals surface area contributed by atoms with Crippen LogP contribution >= 0.6 is 0 Å². The molecule has 2 heterocycles. The third kappa shape index (κ3) is 2.28. The van der Waals surface area contributed by atoms with Crippen molar-refractivity contribution in [3.63, 3.8) is 0 Å². The van der Waals surface area contributed by atoms with Gasteiger partial charge in [0.2, 0.25) is 11.8 Å². The minimum atomic E-state index is 0.489. The first kappa shape index (κ1) is 14.5. The van der Waals surface area contributed by atoms with Gasteiger partial charge in [-0.1, -0.05) is 12.1 Å². The molecule has 0 aliphatic rings. The zero-order chi connectivity index (χ0) is 17.7. The second kappa shape index (κ2) is 5.35. The first-order valence-electron chi connectivity index (χ1n) is 8.09. The van der Waals surface area contributed by atoms with Gasteiger partial charge in [-0.05, 0) is 48.5 Å². The molecule has 26 heavy (non-hydrogen) atoms. The average molecular weight is 342 g/mol. The van der Waals surface area contributed by atoms with E-state index in [1.54, 1.807) is 24.3 Å². The molecule has 126 valence electrons. The highest BCUT2D eigenvalue weighted by Crippen LogP contribution is 2.34. The zero-order valence-corrected chi connectivity index (χ0v) is 13.6. The van der Waals surface area contributed by atoms with Gasteiger partial charge in [0.1, 0.15) is 11.0 Å². The monoisotopic (exact) mass is 342 g/mol. The predicted octanol–water partition coefficient (Wildman–Crippen LogP) is 4.47. The summed E-state index contributed by atoms with van der Waals surface area (Å²) in [5.74, 6) is 0.978. The Hall–Kier alpha value is -3.80. The molecule has 4 N–H and O–H groups in total. The summed E-state index contributed by atoms with van der Waals surface area (Å²) in [5, 5.41) is 0. The molecule has 0 saturated carbocycles. The summed E-state index contributed by atoms with van der Waals surface area (Å²) < 4.78 is 11.8. The summed E-state index contributed by atoms with van der Waals surface area (Å²) in [5.41, 5.74) is 17.3. The fourth-order valence-electron chi connectivity index (χ4n) is 2.98. The number of nitrogens with zero attached hydrogens (tertiary/aromatic N) is 2. The molecule has 5 rings (SSSR count). The lowest BCUT2D eigenvalue weighted by Gasteiger charge is -2.01. The Morgan fingerprint density at radius 3 is 1.54 bits per heavy atom. The first-order chi connectivity index (χ1) is 12.7. The second-order valence-corrected chi connectivity index (χ2v) is 6.04. The van der Waals surface area contributed by atoms with Gasteiger partial charge in [-0.3, -0.25) is 0 Å². The molecule has 0 saturated heterocycles. The molecule has 0 aliphatic heterocycles. The molecule has 5 aromatic rings. The number of oxazole rings is 2. The summed E-state index contributed by atoms with van der Waals surface area (Å²) in [7, 11) is 0. The van der Waals surface area contributed by atoms with E-state index in [1.807, 2.05) is 36.4 Å². The molecule has 3 aromatic carbocycles. The number of hydrogen-bond donors (Lipinski definition) is 2. The molecule has 0 bridgehead atoms. The minimum Gasteiger partial charge on any atom is -0.436 e. The lowest BCUT2D eigenvalue weighted by Crippen LogP contribution is -1.85. The van der Waals surface area contributed by atoms with Crippen LogP contribution in [-0.4, -0.2) is 9.97 Å². The molecular weight excluding hydrogens is 328 g/mol. The maximum absolute atomic E-state index is 5.91. The van der Waals surface area contributed by atoms with E-state index in [-0.39, 0.29) is 0 Å². The van der Waals surface area contributed by atoms with Gasteiger partial charge in [0.05, 0.1) is 0 Å². The molecule has 0 aliphatic carbocycles. The van der Waals surface area contributed by atoms with E-state index >= 15 is 0 Å². The van der Waals surface area contributed by atoms with E-state index in [2.05, 4.69) is 9.97 Å². The van der Waals surface area contributed by atoms with Crippen LogP contribution in [0.25, 0.3) is 45.1 Å². The molecule has 6 nitrogen and oxygen atoms in total. The van der Waals surface area contributed by atoms with Crippen molar-refractivity contribution in [3.05, 3.63) is 60.7 Å².